The molecule has 27 heavy (non-hydrogen) atoms. The maximum Gasteiger partial charge on any atom is 0.0273 e. The van der Waals surface area contributed by atoms with E-state index >= 15 is 0 Å². The molecule has 0 radical (unpaired) electrons. The van der Waals surface area contributed by atoms with Crippen LogP contribution in [0.2, 0.25) is 0 Å². The molecule has 0 fully saturated rings. The van der Waals surface area contributed by atoms with Crippen molar-refractivity contribution in [3.8, 4) is 11.1 Å². The summed E-state index contributed by atoms with van der Waals surface area (Å²) >= 11 is 0. The van der Waals surface area contributed by atoms with Gasteiger partial charge in [0.25, 0.3) is 0 Å². The molecule has 136 valence electrons. The summed E-state index contributed by atoms with van der Waals surface area (Å²) in [6, 6.07) is 10.8. The van der Waals surface area contributed by atoms with Crippen molar-refractivity contribution in [2.24, 2.45) is 0 Å². The third-order valence-corrected chi connectivity index (χ3v) is 4.07. The van der Waals surface area contributed by atoms with Gasteiger partial charge in [0.2, 0.25) is 0 Å². The molecule has 1 aromatic heterocycles. The molecular formula is C26H27N. The van der Waals surface area contributed by atoms with Gasteiger partial charge in [-0.2, -0.15) is 0 Å². The minimum absolute atomic E-state index is 1.13. The molecule has 0 unspecified atom stereocenters. The van der Waals surface area contributed by atoms with Crippen LogP contribution >= 0.6 is 0 Å². The Balaban J connectivity index is 2.74. The number of pyridine rings is 1. The molecule has 1 heterocycles. The highest BCUT2D eigenvalue weighted by Gasteiger charge is 2.08. The zero-order chi connectivity index (χ0) is 19.5. The van der Waals surface area contributed by atoms with E-state index in [1.54, 1.807) is 0 Å². The summed E-state index contributed by atoms with van der Waals surface area (Å²) in [6.45, 7) is 9.96. The van der Waals surface area contributed by atoms with Crippen LogP contribution in [0.4, 0.5) is 0 Å². The Kier molecular flexibility index (Phi) is 7.99. The van der Waals surface area contributed by atoms with Gasteiger partial charge in [0.1, 0.15) is 0 Å². The van der Waals surface area contributed by atoms with Crippen LogP contribution in [0, 0.1) is 0 Å². The molecule has 0 aliphatic rings. The number of allylic oxidation sites excluding steroid dienone is 11. The number of hydrogen-bond donors (Lipinski definition) is 0. The van der Waals surface area contributed by atoms with Crippen LogP contribution in [-0.4, -0.2) is 4.98 Å². The van der Waals surface area contributed by atoms with Crippen molar-refractivity contribution >= 4 is 11.1 Å². The molecule has 0 amide bonds. The quantitative estimate of drug-likeness (QED) is 0.472. The van der Waals surface area contributed by atoms with E-state index in [1.165, 1.54) is 16.7 Å². The van der Waals surface area contributed by atoms with E-state index in [9.17, 15) is 0 Å². The predicted octanol–water partition coefficient (Wildman–Crippen LogP) is 7.43. The highest BCUT2D eigenvalue weighted by atomic mass is 14.6. The maximum atomic E-state index is 4.15. The fourth-order valence-corrected chi connectivity index (χ4v) is 2.85. The molecular weight excluding hydrogens is 326 g/mol. The third kappa shape index (κ3) is 5.65. The zero-order valence-corrected chi connectivity index (χ0v) is 16.4. The number of hydrogen-bond acceptors (Lipinski definition) is 1. The molecule has 1 nitrogen and oxygen atoms in total. The summed E-state index contributed by atoms with van der Waals surface area (Å²) in [5, 5.41) is 0. The van der Waals surface area contributed by atoms with E-state index in [4.69, 9.17) is 0 Å². The Morgan fingerprint density at radius 3 is 1.89 bits per heavy atom. The molecule has 0 aliphatic carbocycles. The monoisotopic (exact) mass is 353 g/mol. The molecule has 2 rings (SSSR count). The van der Waals surface area contributed by atoms with Gasteiger partial charge in [-0.15, -0.1) is 0 Å². The Hall–Kier alpha value is -3.19. The second-order valence-corrected chi connectivity index (χ2v) is 6.04. The summed E-state index contributed by atoms with van der Waals surface area (Å²) < 4.78 is 0. The average Bonchev–Trinajstić information content (AvgIpc) is 2.71. The van der Waals surface area contributed by atoms with Crippen LogP contribution in [-0.2, 0) is 0 Å². The largest absolute Gasteiger partial charge is 0.265 e. The first-order valence-corrected chi connectivity index (χ1v) is 9.20. The molecule has 0 bridgehead atoms. The molecule has 1 heteroatoms. The number of aromatic nitrogens is 1. The Labute approximate surface area is 163 Å². The normalized spacial score (nSPS) is 13.1. The van der Waals surface area contributed by atoms with Crippen molar-refractivity contribution in [3.05, 3.63) is 115 Å². The van der Waals surface area contributed by atoms with Gasteiger partial charge >= 0.3 is 0 Å². The lowest BCUT2D eigenvalue weighted by Gasteiger charge is -2.12. The van der Waals surface area contributed by atoms with E-state index in [-0.39, 0.29) is 0 Å². The molecule has 0 saturated carbocycles. The summed E-state index contributed by atoms with van der Waals surface area (Å²) in [5.41, 5.74) is 6.96. The van der Waals surface area contributed by atoms with E-state index in [1.807, 2.05) is 63.5 Å². The SMILES string of the molecule is C=C/C=C(\C=C/C)c1cc(C(/C=C\C)=C/C=CC)cc(-c2ccncc2)c1. The molecule has 2 aromatic rings. The van der Waals surface area contributed by atoms with E-state index in [0.29, 0.717) is 0 Å². The lowest BCUT2D eigenvalue weighted by atomic mass is 9.92. The van der Waals surface area contributed by atoms with Crippen molar-refractivity contribution < 1.29 is 0 Å². The first-order valence-electron chi connectivity index (χ1n) is 9.20. The Morgan fingerprint density at radius 1 is 0.778 bits per heavy atom. The first kappa shape index (κ1) is 20.1. The second-order valence-electron chi connectivity index (χ2n) is 6.04. The first-order chi connectivity index (χ1) is 13.2. The van der Waals surface area contributed by atoms with Crippen molar-refractivity contribution in [1.82, 2.24) is 4.98 Å². The van der Waals surface area contributed by atoms with E-state index in [2.05, 4.69) is 66.2 Å². The highest BCUT2D eigenvalue weighted by molar-refractivity contribution is 5.85. The molecule has 0 saturated heterocycles. The smallest absolute Gasteiger partial charge is 0.0273 e. The molecule has 0 atom stereocenters. The minimum atomic E-state index is 1.13. The van der Waals surface area contributed by atoms with Crippen molar-refractivity contribution in [3.63, 3.8) is 0 Å². The zero-order valence-electron chi connectivity index (χ0n) is 16.4. The number of rotatable bonds is 7. The standard InChI is InChI=1S/C26H27N/c1-5-9-13-22(12-8-4)25-18-24(21(10-6-2)11-7-3)19-26(20-25)23-14-16-27-17-15-23/h5-20H,2H2,1,3-4H3/b9-5?,11-7-,12-8-,21-10+,22-13+. The topological polar surface area (TPSA) is 12.9 Å². The van der Waals surface area contributed by atoms with Crippen molar-refractivity contribution in [1.29, 1.82) is 0 Å². The van der Waals surface area contributed by atoms with Gasteiger partial charge in [-0.25, -0.2) is 0 Å². The van der Waals surface area contributed by atoms with Gasteiger partial charge in [-0.3, -0.25) is 4.98 Å². The van der Waals surface area contributed by atoms with Crippen LogP contribution in [0.3, 0.4) is 0 Å². The number of nitrogens with zero attached hydrogens (tertiary/aromatic N) is 1. The van der Waals surface area contributed by atoms with Crippen molar-refractivity contribution in [2.75, 3.05) is 0 Å². The molecule has 0 spiro atoms. The van der Waals surface area contributed by atoms with Crippen LogP contribution in [0.15, 0.2) is 104 Å². The Bertz CT molecular complexity index is 906. The summed E-state index contributed by atoms with van der Waals surface area (Å²) in [6.07, 6.45) is 22.2. The van der Waals surface area contributed by atoms with E-state index in [0.717, 1.165) is 16.7 Å². The maximum absolute atomic E-state index is 4.15. The van der Waals surface area contributed by atoms with Crippen molar-refractivity contribution in [2.45, 2.75) is 20.8 Å². The lowest BCUT2D eigenvalue weighted by Crippen LogP contribution is -1.90. The fraction of sp³-hybridized carbons (Fsp3) is 0.115. The van der Waals surface area contributed by atoms with Gasteiger partial charge in [0.05, 0.1) is 0 Å². The molecule has 0 aliphatic heterocycles. The van der Waals surface area contributed by atoms with Crippen LogP contribution < -0.4 is 0 Å². The summed E-state index contributed by atoms with van der Waals surface area (Å²) in [5.74, 6) is 0. The second kappa shape index (κ2) is 10.7. The van der Waals surface area contributed by atoms with Gasteiger partial charge in [0.15, 0.2) is 0 Å². The number of benzene rings is 1. The van der Waals surface area contributed by atoms with Gasteiger partial charge < -0.3 is 0 Å². The minimum Gasteiger partial charge on any atom is -0.265 e. The summed E-state index contributed by atoms with van der Waals surface area (Å²) in [4.78, 5) is 4.15. The third-order valence-electron chi connectivity index (χ3n) is 4.07. The van der Waals surface area contributed by atoms with Crippen LogP contribution in [0.25, 0.3) is 22.3 Å². The molecule has 0 N–H and O–H groups in total. The van der Waals surface area contributed by atoms with Gasteiger partial charge in [0, 0.05) is 12.4 Å². The van der Waals surface area contributed by atoms with E-state index < -0.39 is 0 Å². The fourth-order valence-electron chi connectivity index (χ4n) is 2.85. The van der Waals surface area contributed by atoms with Crippen LogP contribution in [0.5, 0.6) is 0 Å². The average molecular weight is 354 g/mol. The highest BCUT2D eigenvalue weighted by Crippen LogP contribution is 2.30. The van der Waals surface area contributed by atoms with Gasteiger partial charge in [-0.1, -0.05) is 61.3 Å². The summed E-state index contributed by atoms with van der Waals surface area (Å²) in [7, 11) is 0. The van der Waals surface area contributed by atoms with Gasteiger partial charge in [-0.05, 0) is 84.5 Å². The lowest BCUT2D eigenvalue weighted by molar-refractivity contribution is 1.33. The molecule has 1 aromatic carbocycles. The van der Waals surface area contributed by atoms with Crippen LogP contribution in [0.1, 0.15) is 31.9 Å². The predicted molar refractivity (Wildman–Crippen MR) is 120 cm³/mol. The Morgan fingerprint density at radius 2 is 1.37 bits per heavy atom.